The third-order valence-corrected chi connectivity index (χ3v) is 2.33. The highest BCUT2D eigenvalue weighted by molar-refractivity contribution is 8.13. The first kappa shape index (κ1) is 9.33. The molecule has 0 saturated carbocycles. The average molecular weight is 179 g/mol. The predicted molar refractivity (Wildman–Crippen MR) is 56.1 cm³/mol. The van der Waals surface area contributed by atoms with Crippen LogP contribution < -0.4 is 0 Å². The minimum absolute atomic E-state index is 0.723. The summed E-state index contributed by atoms with van der Waals surface area (Å²) in [6.45, 7) is 2.08. The highest BCUT2D eigenvalue weighted by Crippen LogP contribution is 2.08. The van der Waals surface area contributed by atoms with Crippen molar-refractivity contribution in [3.8, 4) is 0 Å². The van der Waals surface area contributed by atoms with E-state index >= 15 is 0 Å². The van der Waals surface area contributed by atoms with Crippen LogP contribution in [0.5, 0.6) is 0 Å². The molecule has 0 spiro atoms. The standard InChI is InChI=1S/C10H13NS/c1-8-4-3-5-9(6-8)7-10(11)12-2/h3-6,11H,7H2,1-2H3. The molecule has 12 heavy (non-hydrogen) atoms. The van der Waals surface area contributed by atoms with Crippen molar-refractivity contribution in [1.29, 1.82) is 5.41 Å². The number of aryl methyl sites for hydroxylation is 1. The molecule has 0 heterocycles. The molecule has 0 bridgehead atoms. The van der Waals surface area contributed by atoms with Crippen molar-refractivity contribution in [3.63, 3.8) is 0 Å². The lowest BCUT2D eigenvalue weighted by Crippen LogP contribution is -1.95. The second kappa shape index (κ2) is 4.31. The maximum atomic E-state index is 7.51. The van der Waals surface area contributed by atoms with E-state index in [9.17, 15) is 0 Å². The molecule has 0 aliphatic heterocycles. The summed E-state index contributed by atoms with van der Waals surface area (Å²) in [6, 6.07) is 8.31. The lowest BCUT2D eigenvalue weighted by molar-refractivity contribution is 1.29. The Morgan fingerprint density at radius 3 is 2.83 bits per heavy atom. The molecule has 0 aromatic heterocycles. The van der Waals surface area contributed by atoms with Gasteiger partial charge in [0, 0.05) is 6.42 Å². The Balaban J connectivity index is 2.69. The Hall–Kier alpha value is -0.760. The van der Waals surface area contributed by atoms with Gasteiger partial charge in [-0.2, -0.15) is 0 Å². The zero-order valence-corrected chi connectivity index (χ0v) is 8.24. The Bertz CT molecular complexity index is 281. The summed E-state index contributed by atoms with van der Waals surface area (Å²) in [4.78, 5) is 0. The van der Waals surface area contributed by atoms with Gasteiger partial charge < -0.3 is 0 Å². The van der Waals surface area contributed by atoms with Gasteiger partial charge in [0.1, 0.15) is 0 Å². The highest BCUT2D eigenvalue weighted by Gasteiger charge is 1.96. The molecule has 0 aliphatic rings. The Labute approximate surface area is 77.7 Å². The fourth-order valence-electron chi connectivity index (χ4n) is 1.08. The minimum Gasteiger partial charge on any atom is -0.298 e. The Kier molecular flexibility index (Phi) is 3.35. The first-order chi connectivity index (χ1) is 5.72. The van der Waals surface area contributed by atoms with Crippen molar-refractivity contribution in [1.82, 2.24) is 0 Å². The van der Waals surface area contributed by atoms with E-state index in [1.807, 2.05) is 12.3 Å². The molecular weight excluding hydrogens is 166 g/mol. The van der Waals surface area contributed by atoms with Crippen molar-refractivity contribution in [2.75, 3.05) is 6.26 Å². The monoisotopic (exact) mass is 179 g/mol. The third kappa shape index (κ3) is 2.70. The molecule has 64 valence electrons. The molecule has 0 aliphatic carbocycles. The number of nitrogens with one attached hydrogen (secondary N) is 1. The lowest BCUT2D eigenvalue weighted by Gasteiger charge is -2.01. The molecule has 1 N–H and O–H groups in total. The normalized spacial score (nSPS) is 9.83. The van der Waals surface area contributed by atoms with Crippen molar-refractivity contribution in [2.45, 2.75) is 13.3 Å². The Morgan fingerprint density at radius 2 is 2.25 bits per heavy atom. The van der Waals surface area contributed by atoms with Gasteiger partial charge in [0.05, 0.1) is 5.04 Å². The smallest absolute Gasteiger partial charge is 0.0682 e. The summed E-state index contributed by atoms with van der Waals surface area (Å²) in [6.07, 6.45) is 2.71. The van der Waals surface area contributed by atoms with Gasteiger partial charge in [-0.15, -0.1) is 11.8 Å². The zero-order valence-electron chi connectivity index (χ0n) is 7.42. The SMILES string of the molecule is CSC(=N)Cc1cccc(C)c1. The van der Waals surface area contributed by atoms with E-state index < -0.39 is 0 Å². The molecule has 1 aromatic carbocycles. The van der Waals surface area contributed by atoms with Gasteiger partial charge >= 0.3 is 0 Å². The van der Waals surface area contributed by atoms with Crippen molar-refractivity contribution < 1.29 is 0 Å². The molecule has 1 nitrogen and oxygen atoms in total. The van der Waals surface area contributed by atoms with E-state index in [0.717, 1.165) is 11.5 Å². The van der Waals surface area contributed by atoms with Crippen molar-refractivity contribution >= 4 is 16.8 Å². The number of hydrogen-bond donors (Lipinski definition) is 1. The van der Waals surface area contributed by atoms with E-state index in [-0.39, 0.29) is 0 Å². The van der Waals surface area contributed by atoms with Crippen LogP contribution in [0, 0.1) is 12.3 Å². The highest BCUT2D eigenvalue weighted by atomic mass is 32.2. The summed E-state index contributed by atoms with van der Waals surface area (Å²) in [5.74, 6) is 0. The van der Waals surface area contributed by atoms with Crippen molar-refractivity contribution in [3.05, 3.63) is 35.4 Å². The average Bonchev–Trinajstić information content (AvgIpc) is 2.04. The van der Waals surface area contributed by atoms with Gasteiger partial charge in [-0.1, -0.05) is 29.8 Å². The molecule has 1 aromatic rings. The number of hydrogen-bond acceptors (Lipinski definition) is 2. The summed E-state index contributed by atoms with van der Waals surface area (Å²) < 4.78 is 0. The van der Waals surface area contributed by atoms with Gasteiger partial charge in [0.15, 0.2) is 0 Å². The Morgan fingerprint density at radius 1 is 1.50 bits per heavy atom. The molecule has 0 amide bonds. The van der Waals surface area contributed by atoms with E-state index in [0.29, 0.717) is 0 Å². The largest absolute Gasteiger partial charge is 0.298 e. The van der Waals surface area contributed by atoms with Gasteiger partial charge in [0.2, 0.25) is 0 Å². The third-order valence-electron chi connectivity index (χ3n) is 1.69. The molecule has 1 rings (SSSR count). The second-order valence-electron chi connectivity index (χ2n) is 2.79. The molecule has 0 fully saturated rings. The van der Waals surface area contributed by atoms with Crippen LogP contribution >= 0.6 is 11.8 Å². The minimum atomic E-state index is 0.723. The number of benzene rings is 1. The predicted octanol–water partition coefficient (Wildman–Crippen LogP) is 2.88. The fourth-order valence-corrected chi connectivity index (χ4v) is 1.39. The first-order valence-electron chi connectivity index (χ1n) is 3.89. The maximum Gasteiger partial charge on any atom is 0.0682 e. The molecule has 0 unspecified atom stereocenters. The molecule has 0 atom stereocenters. The van der Waals surface area contributed by atoms with Crippen LogP contribution in [0.4, 0.5) is 0 Å². The second-order valence-corrected chi connectivity index (χ2v) is 3.69. The quantitative estimate of drug-likeness (QED) is 0.547. The lowest BCUT2D eigenvalue weighted by atomic mass is 10.1. The number of thioether (sulfide) groups is 1. The molecule has 0 saturated heterocycles. The summed E-state index contributed by atoms with van der Waals surface area (Å²) in [7, 11) is 0. The van der Waals surface area contributed by atoms with E-state index in [2.05, 4.69) is 25.1 Å². The summed E-state index contributed by atoms with van der Waals surface area (Å²) >= 11 is 1.51. The molecule has 0 radical (unpaired) electrons. The fraction of sp³-hybridized carbons (Fsp3) is 0.300. The molecule has 2 heteroatoms. The van der Waals surface area contributed by atoms with E-state index in [4.69, 9.17) is 5.41 Å². The van der Waals surface area contributed by atoms with Crippen molar-refractivity contribution in [2.24, 2.45) is 0 Å². The summed E-state index contributed by atoms with van der Waals surface area (Å²) in [5, 5.41) is 8.23. The van der Waals surface area contributed by atoms with Crippen LogP contribution in [-0.4, -0.2) is 11.3 Å². The van der Waals surface area contributed by atoms with E-state index in [1.54, 1.807) is 0 Å². The van der Waals surface area contributed by atoms with Crippen LogP contribution in [0.3, 0.4) is 0 Å². The van der Waals surface area contributed by atoms with Crippen LogP contribution in [0.2, 0.25) is 0 Å². The van der Waals surface area contributed by atoms with Crippen LogP contribution in [0.1, 0.15) is 11.1 Å². The van der Waals surface area contributed by atoms with Crippen LogP contribution in [-0.2, 0) is 6.42 Å². The summed E-state index contributed by atoms with van der Waals surface area (Å²) in [5.41, 5.74) is 2.50. The van der Waals surface area contributed by atoms with Gasteiger partial charge in [-0.25, -0.2) is 0 Å². The number of rotatable bonds is 2. The van der Waals surface area contributed by atoms with Gasteiger partial charge in [0.25, 0.3) is 0 Å². The zero-order chi connectivity index (χ0) is 8.97. The van der Waals surface area contributed by atoms with Gasteiger partial charge in [-0.05, 0) is 18.7 Å². The van der Waals surface area contributed by atoms with Crippen LogP contribution in [0.25, 0.3) is 0 Å². The first-order valence-corrected chi connectivity index (χ1v) is 5.12. The topological polar surface area (TPSA) is 23.9 Å². The molecular formula is C10H13NS. The maximum absolute atomic E-state index is 7.51. The van der Waals surface area contributed by atoms with Gasteiger partial charge in [-0.3, -0.25) is 5.41 Å². The van der Waals surface area contributed by atoms with E-state index in [1.165, 1.54) is 22.9 Å². The van der Waals surface area contributed by atoms with Crippen LogP contribution in [0.15, 0.2) is 24.3 Å².